The Morgan fingerprint density at radius 1 is 1.77 bits per heavy atom. The van der Waals surface area contributed by atoms with Crippen molar-refractivity contribution < 1.29 is 4.79 Å². The van der Waals surface area contributed by atoms with Gasteiger partial charge in [-0.2, -0.15) is 24.0 Å². The SMILES string of the molecule is CC(S)C(=O)NCCc1ccsc1. The van der Waals surface area contributed by atoms with E-state index >= 15 is 0 Å². The van der Waals surface area contributed by atoms with Crippen LogP contribution >= 0.6 is 24.0 Å². The fourth-order valence-electron chi connectivity index (χ4n) is 0.913. The second-order valence-electron chi connectivity index (χ2n) is 2.85. The molecule has 0 aliphatic carbocycles. The highest BCUT2D eigenvalue weighted by atomic mass is 32.1. The molecule has 4 heteroatoms. The van der Waals surface area contributed by atoms with E-state index in [1.54, 1.807) is 18.3 Å². The molecule has 13 heavy (non-hydrogen) atoms. The summed E-state index contributed by atoms with van der Waals surface area (Å²) in [6, 6.07) is 2.07. The van der Waals surface area contributed by atoms with Gasteiger partial charge in [-0.3, -0.25) is 4.79 Å². The lowest BCUT2D eigenvalue weighted by molar-refractivity contribution is -0.120. The predicted octanol–water partition coefficient (Wildman–Crippen LogP) is 1.73. The summed E-state index contributed by atoms with van der Waals surface area (Å²) in [5, 5.41) is 6.72. The van der Waals surface area contributed by atoms with E-state index in [-0.39, 0.29) is 11.2 Å². The minimum absolute atomic E-state index is 0.00133. The molecule has 1 rings (SSSR count). The highest BCUT2D eigenvalue weighted by Gasteiger charge is 2.05. The van der Waals surface area contributed by atoms with E-state index in [1.807, 2.05) is 5.38 Å². The minimum Gasteiger partial charge on any atom is -0.355 e. The molecular weight excluding hydrogens is 202 g/mol. The van der Waals surface area contributed by atoms with Gasteiger partial charge in [-0.05, 0) is 35.7 Å². The predicted molar refractivity (Wildman–Crippen MR) is 59.5 cm³/mol. The van der Waals surface area contributed by atoms with Gasteiger partial charge in [-0.15, -0.1) is 0 Å². The molecule has 0 aliphatic rings. The van der Waals surface area contributed by atoms with Gasteiger partial charge >= 0.3 is 0 Å². The first-order valence-corrected chi connectivity index (χ1v) is 5.63. The standard InChI is InChI=1S/C9H13NOS2/c1-7(12)9(11)10-4-2-8-3-5-13-6-8/h3,5-7,12H,2,4H2,1H3,(H,10,11). The number of thiophene rings is 1. The molecule has 0 radical (unpaired) electrons. The first-order chi connectivity index (χ1) is 6.20. The summed E-state index contributed by atoms with van der Waals surface area (Å²) in [5.41, 5.74) is 1.28. The van der Waals surface area contributed by atoms with E-state index in [4.69, 9.17) is 0 Å². The minimum atomic E-state index is -0.220. The number of rotatable bonds is 4. The van der Waals surface area contributed by atoms with Gasteiger partial charge in [0.2, 0.25) is 5.91 Å². The van der Waals surface area contributed by atoms with Crippen molar-refractivity contribution in [1.29, 1.82) is 0 Å². The summed E-state index contributed by atoms with van der Waals surface area (Å²) in [6.07, 6.45) is 0.899. The summed E-state index contributed by atoms with van der Waals surface area (Å²) in [6.45, 7) is 2.46. The average molecular weight is 215 g/mol. The largest absolute Gasteiger partial charge is 0.355 e. The Morgan fingerprint density at radius 3 is 3.08 bits per heavy atom. The zero-order valence-corrected chi connectivity index (χ0v) is 9.20. The maximum atomic E-state index is 11.1. The highest BCUT2D eigenvalue weighted by Crippen LogP contribution is 2.05. The summed E-state index contributed by atoms with van der Waals surface area (Å²) in [4.78, 5) is 11.1. The molecule has 1 N–H and O–H groups in total. The van der Waals surface area contributed by atoms with Crippen LogP contribution in [-0.4, -0.2) is 17.7 Å². The van der Waals surface area contributed by atoms with Crippen molar-refractivity contribution in [1.82, 2.24) is 5.32 Å². The smallest absolute Gasteiger partial charge is 0.232 e. The molecule has 0 bridgehead atoms. The molecule has 72 valence electrons. The first-order valence-electron chi connectivity index (χ1n) is 4.17. The number of amides is 1. The van der Waals surface area contributed by atoms with Gasteiger partial charge in [0.1, 0.15) is 0 Å². The maximum Gasteiger partial charge on any atom is 0.232 e. The molecule has 2 nitrogen and oxygen atoms in total. The van der Waals surface area contributed by atoms with E-state index in [9.17, 15) is 4.79 Å². The summed E-state index contributed by atoms with van der Waals surface area (Å²) in [5.74, 6) is -0.00133. The van der Waals surface area contributed by atoms with Crippen LogP contribution in [0.2, 0.25) is 0 Å². The quantitative estimate of drug-likeness (QED) is 0.736. The van der Waals surface area contributed by atoms with Crippen LogP contribution in [0.1, 0.15) is 12.5 Å². The van der Waals surface area contributed by atoms with Crippen LogP contribution in [0.3, 0.4) is 0 Å². The third-order valence-electron chi connectivity index (χ3n) is 1.67. The summed E-state index contributed by atoms with van der Waals surface area (Å²) >= 11 is 5.71. The lowest BCUT2D eigenvalue weighted by Crippen LogP contribution is -2.31. The Hall–Kier alpha value is -0.480. The molecule has 1 atom stereocenters. The lowest BCUT2D eigenvalue weighted by Gasteiger charge is -2.05. The van der Waals surface area contributed by atoms with E-state index in [0.717, 1.165) is 6.42 Å². The van der Waals surface area contributed by atoms with Gasteiger partial charge in [-0.1, -0.05) is 0 Å². The van der Waals surface area contributed by atoms with Crippen LogP contribution in [0.25, 0.3) is 0 Å². The third kappa shape index (κ3) is 3.83. The Kier molecular flexibility index (Phi) is 4.32. The van der Waals surface area contributed by atoms with Crippen LogP contribution < -0.4 is 5.32 Å². The zero-order valence-electron chi connectivity index (χ0n) is 7.49. The van der Waals surface area contributed by atoms with Crippen molar-refractivity contribution in [2.24, 2.45) is 0 Å². The molecule has 0 aromatic carbocycles. The van der Waals surface area contributed by atoms with Gasteiger partial charge < -0.3 is 5.32 Å². The molecule has 1 heterocycles. The molecule has 0 saturated carbocycles. The fourth-order valence-corrected chi connectivity index (χ4v) is 1.71. The third-order valence-corrected chi connectivity index (χ3v) is 2.64. The number of carbonyl (C=O) groups is 1. The normalized spacial score (nSPS) is 12.5. The molecule has 1 amide bonds. The lowest BCUT2D eigenvalue weighted by atomic mass is 10.2. The van der Waals surface area contributed by atoms with E-state index < -0.39 is 0 Å². The number of nitrogens with one attached hydrogen (secondary N) is 1. The van der Waals surface area contributed by atoms with E-state index in [0.29, 0.717) is 6.54 Å². The average Bonchev–Trinajstić information content (AvgIpc) is 2.56. The van der Waals surface area contributed by atoms with Crippen molar-refractivity contribution in [2.75, 3.05) is 6.54 Å². The Labute approximate surface area is 87.8 Å². The van der Waals surface area contributed by atoms with Crippen LogP contribution in [0.5, 0.6) is 0 Å². The number of hydrogen-bond donors (Lipinski definition) is 2. The van der Waals surface area contributed by atoms with Crippen molar-refractivity contribution in [3.63, 3.8) is 0 Å². The first kappa shape index (κ1) is 10.6. The van der Waals surface area contributed by atoms with Crippen LogP contribution in [0, 0.1) is 0 Å². The Bertz CT molecular complexity index is 257. The van der Waals surface area contributed by atoms with Crippen LogP contribution in [0.15, 0.2) is 16.8 Å². The molecule has 0 aliphatic heterocycles. The molecule has 1 aromatic heterocycles. The van der Waals surface area contributed by atoms with Crippen molar-refractivity contribution in [3.8, 4) is 0 Å². The maximum absolute atomic E-state index is 11.1. The summed E-state index contributed by atoms with van der Waals surface area (Å²) in [7, 11) is 0. The van der Waals surface area contributed by atoms with Crippen LogP contribution in [-0.2, 0) is 11.2 Å². The van der Waals surface area contributed by atoms with Gasteiger partial charge in [0.25, 0.3) is 0 Å². The molecular formula is C9H13NOS2. The van der Waals surface area contributed by atoms with Crippen molar-refractivity contribution >= 4 is 29.9 Å². The van der Waals surface area contributed by atoms with Crippen molar-refractivity contribution in [3.05, 3.63) is 22.4 Å². The number of carbonyl (C=O) groups excluding carboxylic acids is 1. The number of thiol groups is 1. The second-order valence-corrected chi connectivity index (χ2v) is 4.40. The molecule has 0 saturated heterocycles. The topological polar surface area (TPSA) is 29.1 Å². The molecule has 1 unspecified atom stereocenters. The van der Waals surface area contributed by atoms with Crippen molar-refractivity contribution in [2.45, 2.75) is 18.6 Å². The van der Waals surface area contributed by atoms with Gasteiger partial charge in [-0.25, -0.2) is 0 Å². The van der Waals surface area contributed by atoms with Gasteiger partial charge in [0.15, 0.2) is 0 Å². The number of hydrogen-bond acceptors (Lipinski definition) is 3. The Morgan fingerprint density at radius 2 is 2.54 bits per heavy atom. The summed E-state index contributed by atoms with van der Waals surface area (Å²) < 4.78 is 0. The monoisotopic (exact) mass is 215 g/mol. The second kappa shape index (κ2) is 5.29. The molecule has 1 aromatic rings. The Balaban J connectivity index is 2.18. The van der Waals surface area contributed by atoms with E-state index in [2.05, 4.69) is 29.4 Å². The zero-order chi connectivity index (χ0) is 9.68. The molecule has 0 fully saturated rings. The van der Waals surface area contributed by atoms with Gasteiger partial charge in [0.05, 0.1) is 5.25 Å². The fraction of sp³-hybridized carbons (Fsp3) is 0.444. The van der Waals surface area contributed by atoms with E-state index in [1.165, 1.54) is 5.56 Å². The highest BCUT2D eigenvalue weighted by molar-refractivity contribution is 7.81. The van der Waals surface area contributed by atoms with Gasteiger partial charge in [0, 0.05) is 6.54 Å². The van der Waals surface area contributed by atoms with Crippen LogP contribution in [0.4, 0.5) is 0 Å². The molecule has 0 spiro atoms.